The van der Waals surface area contributed by atoms with E-state index < -0.39 is 11.7 Å². The van der Waals surface area contributed by atoms with Crippen LogP contribution in [0.2, 0.25) is 0 Å². The number of anilines is 1. The molecule has 2 rings (SSSR count). The Labute approximate surface area is 98.2 Å². The van der Waals surface area contributed by atoms with E-state index in [0.717, 1.165) is 17.3 Å². The molecule has 0 aliphatic carbocycles. The SMILES string of the molecule is CC(N)C1Cc2cc(C(F)(F)F)ccc2N1C. The van der Waals surface area contributed by atoms with Crippen LogP contribution in [-0.2, 0) is 12.6 Å². The van der Waals surface area contributed by atoms with Crippen molar-refractivity contribution >= 4 is 5.69 Å². The molecule has 2 N–H and O–H groups in total. The van der Waals surface area contributed by atoms with Crippen molar-refractivity contribution in [2.75, 3.05) is 11.9 Å². The largest absolute Gasteiger partial charge is 0.416 e. The summed E-state index contributed by atoms with van der Waals surface area (Å²) < 4.78 is 37.7. The van der Waals surface area contributed by atoms with Crippen LogP contribution in [0.25, 0.3) is 0 Å². The van der Waals surface area contributed by atoms with Gasteiger partial charge in [-0.3, -0.25) is 0 Å². The van der Waals surface area contributed by atoms with Gasteiger partial charge in [-0.1, -0.05) is 0 Å². The number of hydrogen-bond donors (Lipinski definition) is 1. The molecule has 1 heterocycles. The third-order valence-corrected chi connectivity index (χ3v) is 3.32. The zero-order chi connectivity index (χ0) is 12.8. The molecule has 0 saturated heterocycles. The van der Waals surface area contributed by atoms with Gasteiger partial charge >= 0.3 is 6.18 Å². The average molecular weight is 244 g/mol. The van der Waals surface area contributed by atoms with Crippen LogP contribution in [0.1, 0.15) is 18.1 Å². The molecule has 1 aliphatic heterocycles. The molecule has 5 heteroatoms. The lowest BCUT2D eigenvalue weighted by molar-refractivity contribution is -0.137. The summed E-state index contributed by atoms with van der Waals surface area (Å²) in [6.07, 6.45) is -3.70. The maximum absolute atomic E-state index is 12.6. The Morgan fingerprint density at radius 3 is 2.59 bits per heavy atom. The van der Waals surface area contributed by atoms with Crippen molar-refractivity contribution in [2.45, 2.75) is 31.6 Å². The minimum atomic E-state index is -4.28. The summed E-state index contributed by atoms with van der Waals surface area (Å²) in [5.74, 6) is 0. The van der Waals surface area contributed by atoms with Gasteiger partial charge in [0.05, 0.1) is 5.56 Å². The van der Waals surface area contributed by atoms with Crippen LogP contribution in [0, 0.1) is 0 Å². The Hall–Kier alpha value is -1.23. The highest BCUT2D eigenvalue weighted by atomic mass is 19.4. The lowest BCUT2D eigenvalue weighted by atomic mass is 10.0. The molecule has 1 aliphatic rings. The standard InChI is InChI=1S/C12H15F3N2/c1-7(16)11-6-8-5-9(12(13,14)15)3-4-10(8)17(11)2/h3-5,7,11H,6,16H2,1-2H3. The second-order valence-electron chi connectivity index (χ2n) is 4.58. The third kappa shape index (κ3) is 2.11. The molecule has 0 amide bonds. The predicted molar refractivity (Wildman–Crippen MR) is 61.0 cm³/mol. The van der Waals surface area contributed by atoms with Crippen LogP contribution in [-0.4, -0.2) is 19.1 Å². The molecule has 0 bridgehead atoms. The van der Waals surface area contributed by atoms with E-state index in [9.17, 15) is 13.2 Å². The van der Waals surface area contributed by atoms with E-state index in [0.29, 0.717) is 6.42 Å². The molecule has 0 saturated carbocycles. The first kappa shape index (κ1) is 12.2. The van der Waals surface area contributed by atoms with E-state index >= 15 is 0 Å². The number of halogens is 3. The first-order valence-corrected chi connectivity index (χ1v) is 5.49. The molecule has 2 nitrogen and oxygen atoms in total. The second kappa shape index (κ2) is 3.91. The fourth-order valence-corrected chi connectivity index (χ4v) is 2.35. The van der Waals surface area contributed by atoms with Crippen LogP contribution < -0.4 is 10.6 Å². The van der Waals surface area contributed by atoms with Crippen molar-refractivity contribution in [3.05, 3.63) is 29.3 Å². The van der Waals surface area contributed by atoms with Crippen LogP contribution >= 0.6 is 0 Å². The highest BCUT2D eigenvalue weighted by molar-refractivity contribution is 5.60. The van der Waals surface area contributed by atoms with Gasteiger partial charge in [-0.05, 0) is 37.1 Å². The summed E-state index contributed by atoms with van der Waals surface area (Å²) in [5.41, 5.74) is 6.81. The lowest BCUT2D eigenvalue weighted by Crippen LogP contribution is -2.42. The quantitative estimate of drug-likeness (QED) is 0.822. The van der Waals surface area contributed by atoms with Gasteiger partial charge in [0, 0.05) is 24.8 Å². The molecule has 0 spiro atoms. The number of likely N-dealkylation sites (N-methyl/N-ethyl adjacent to an activating group) is 1. The van der Waals surface area contributed by atoms with E-state index in [1.807, 2.05) is 18.9 Å². The highest BCUT2D eigenvalue weighted by Crippen LogP contribution is 2.37. The molecule has 94 valence electrons. The average Bonchev–Trinajstić information content (AvgIpc) is 2.54. The van der Waals surface area contributed by atoms with E-state index in [2.05, 4.69) is 0 Å². The fraction of sp³-hybridized carbons (Fsp3) is 0.500. The maximum atomic E-state index is 12.6. The molecular formula is C12H15F3N2. The van der Waals surface area contributed by atoms with Crippen LogP contribution in [0.5, 0.6) is 0 Å². The van der Waals surface area contributed by atoms with E-state index in [1.54, 1.807) is 0 Å². The molecular weight excluding hydrogens is 229 g/mol. The minimum absolute atomic E-state index is 0.0678. The molecule has 17 heavy (non-hydrogen) atoms. The summed E-state index contributed by atoms with van der Waals surface area (Å²) in [7, 11) is 1.87. The molecule has 2 atom stereocenters. The Morgan fingerprint density at radius 2 is 2.06 bits per heavy atom. The van der Waals surface area contributed by atoms with Crippen molar-refractivity contribution in [3.63, 3.8) is 0 Å². The van der Waals surface area contributed by atoms with Gasteiger partial charge in [-0.25, -0.2) is 0 Å². The van der Waals surface area contributed by atoms with Crippen molar-refractivity contribution in [1.29, 1.82) is 0 Å². The zero-order valence-corrected chi connectivity index (χ0v) is 9.75. The van der Waals surface area contributed by atoms with Crippen LogP contribution in [0.3, 0.4) is 0 Å². The molecule has 0 radical (unpaired) electrons. The van der Waals surface area contributed by atoms with Crippen LogP contribution in [0.4, 0.5) is 18.9 Å². The molecule has 0 aromatic heterocycles. The van der Waals surface area contributed by atoms with Gasteiger partial charge < -0.3 is 10.6 Å². The Balaban J connectivity index is 2.36. The van der Waals surface area contributed by atoms with Gasteiger partial charge in [0.1, 0.15) is 0 Å². The maximum Gasteiger partial charge on any atom is 0.416 e. The monoisotopic (exact) mass is 244 g/mol. The summed E-state index contributed by atoms with van der Waals surface area (Å²) >= 11 is 0. The van der Waals surface area contributed by atoms with Crippen LogP contribution in [0.15, 0.2) is 18.2 Å². The number of alkyl halides is 3. The van der Waals surface area contributed by atoms with Gasteiger partial charge in [-0.15, -0.1) is 0 Å². The van der Waals surface area contributed by atoms with Crippen molar-refractivity contribution in [2.24, 2.45) is 5.73 Å². The highest BCUT2D eigenvalue weighted by Gasteiger charge is 2.34. The summed E-state index contributed by atoms with van der Waals surface area (Å²) in [6.45, 7) is 1.87. The fourth-order valence-electron chi connectivity index (χ4n) is 2.35. The Bertz CT molecular complexity index is 426. The number of hydrogen-bond acceptors (Lipinski definition) is 2. The summed E-state index contributed by atoms with van der Waals surface area (Å²) in [5, 5.41) is 0. The van der Waals surface area contributed by atoms with Crippen molar-refractivity contribution in [3.8, 4) is 0 Å². The van der Waals surface area contributed by atoms with E-state index in [1.165, 1.54) is 12.1 Å². The minimum Gasteiger partial charge on any atom is -0.370 e. The first-order valence-electron chi connectivity index (χ1n) is 5.49. The lowest BCUT2D eigenvalue weighted by Gasteiger charge is -2.25. The van der Waals surface area contributed by atoms with Gasteiger partial charge in [0.15, 0.2) is 0 Å². The number of nitrogens with zero attached hydrogens (tertiary/aromatic N) is 1. The molecule has 2 unspecified atom stereocenters. The second-order valence-corrected chi connectivity index (χ2v) is 4.58. The number of rotatable bonds is 1. The Kier molecular flexibility index (Phi) is 2.81. The third-order valence-electron chi connectivity index (χ3n) is 3.32. The predicted octanol–water partition coefficient (Wildman–Crippen LogP) is 2.41. The van der Waals surface area contributed by atoms with Gasteiger partial charge in [-0.2, -0.15) is 13.2 Å². The normalized spacial score (nSPS) is 21.5. The molecule has 0 fully saturated rings. The topological polar surface area (TPSA) is 29.3 Å². The first-order chi connectivity index (χ1) is 7.80. The zero-order valence-electron chi connectivity index (χ0n) is 9.75. The van der Waals surface area contributed by atoms with E-state index in [4.69, 9.17) is 5.73 Å². The summed E-state index contributed by atoms with van der Waals surface area (Å²) in [6, 6.07) is 3.89. The number of benzene rings is 1. The summed E-state index contributed by atoms with van der Waals surface area (Å²) in [4.78, 5) is 1.96. The molecule has 1 aromatic carbocycles. The van der Waals surface area contributed by atoms with Gasteiger partial charge in [0.2, 0.25) is 0 Å². The van der Waals surface area contributed by atoms with E-state index in [-0.39, 0.29) is 12.1 Å². The Morgan fingerprint density at radius 1 is 1.41 bits per heavy atom. The number of fused-ring (bicyclic) bond motifs is 1. The smallest absolute Gasteiger partial charge is 0.370 e. The number of nitrogens with two attached hydrogens (primary N) is 1. The van der Waals surface area contributed by atoms with Gasteiger partial charge in [0.25, 0.3) is 0 Å². The van der Waals surface area contributed by atoms with Crippen molar-refractivity contribution < 1.29 is 13.2 Å². The van der Waals surface area contributed by atoms with Crippen molar-refractivity contribution in [1.82, 2.24) is 0 Å². The molecule has 1 aromatic rings.